The topological polar surface area (TPSA) is 17.8 Å². The summed E-state index contributed by atoms with van der Waals surface area (Å²) in [6.07, 6.45) is 0. The van der Waals surface area contributed by atoms with E-state index in [1.54, 1.807) is 0 Å². The molecular formula is C13H24N2. The highest BCUT2D eigenvalue weighted by molar-refractivity contribution is 5.31. The second-order valence-electron chi connectivity index (χ2n) is 5.58. The second-order valence-corrected chi connectivity index (χ2v) is 5.58. The molecule has 1 aromatic rings. The molecule has 0 spiro atoms. The molecule has 0 aromatic carbocycles. The van der Waals surface area contributed by atoms with E-state index in [1.165, 1.54) is 17.0 Å². The monoisotopic (exact) mass is 208 g/mol. The summed E-state index contributed by atoms with van der Waals surface area (Å²) in [6.45, 7) is 16.5. The largest absolute Gasteiger partial charge is 0.269 e. The number of rotatable bonds is 2. The third-order valence-electron chi connectivity index (χ3n) is 2.78. The maximum absolute atomic E-state index is 4.71. The van der Waals surface area contributed by atoms with E-state index >= 15 is 0 Å². The van der Waals surface area contributed by atoms with Crippen molar-refractivity contribution in [2.75, 3.05) is 0 Å². The highest BCUT2D eigenvalue weighted by Gasteiger charge is 2.25. The molecule has 0 aliphatic carbocycles. The standard InChI is InChI=1S/C13H24N2/c1-8-15-12(13(5,6)7)10(4)11(14-15)9(2)3/h9H,8H2,1-7H3. The predicted molar refractivity (Wildman–Crippen MR) is 65.4 cm³/mol. The fourth-order valence-corrected chi connectivity index (χ4v) is 2.30. The predicted octanol–water partition coefficient (Wildman–Crippen LogP) is 3.63. The summed E-state index contributed by atoms with van der Waals surface area (Å²) in [5.74, 6) is 0.513. The molecule has 0 amide bonds. The zero-order valence-corrected chi connectivity index (χ0v) is 11.2. The van der Waals surface area contributed by atoms with Crippen LogP contribution in [0.5, 0.6) is 0 Å². The van der Waals surface area contributed by atoms with Crippen molar-refractivity contribution in [3.8, 4) is 0 Å². The van der Waals surface area contributed by atoms with Gasteiger partial charge in [-0.3, -0.25) is 4.68 Å². The maximum atomic E-state index is 4.71. The highest BCUT2D eigenvalue weighted by Crippen LogP contribution is 2.30. The molecule has 1 heterocycles. The van der Waals surface area contributed by atoms with Gasteiger partial charge in [0.1, 0.15) is 0 Å². The van der Waals surface area contributed by atoms with Gasteiger partial charge in [0.2, 0.25) is 0 Å². The Balaban J connectivity index is 3.37. The Bertz CT molecular complexity index is 340. The van der Waals surface area contributed by atoms with E-state index in [1.807, 2.05) is 0 Å². The second kappa shape index (κ2) is 3.99. The Kier molecular flexibility index (Phi) is 3.27. The number of nitrogens with zero attached hydrogens (tertiary/aromatic N) is 2. The molecule has 0 unspecified atom stereocenters. The summed E-state index contributed by atoms with van der Waals surface area (Å²) < 4.78 is 2.16. The van der Waals surface area contributed by atoms with Crippen molar-refractivity contribution in [3.63, 3.8) is 0 Å². The first kappa shape index (κ1) is 12.3. The number of hydrogen-bond donors (Lipinski definition) is 0. The Morgan fingerprint density at radius 1 is 1.27 bits per heavy atom. The molecule has 2 nitrogen and oxygen atoms in total. The van der Waals surface area contributed by atoms with Gasteiger partial charge in [-0.15, -0.1) is 0 Å². The van der Waals surface area contributed by atoms with Gasteiger partial charge >= 0.3 is 0 Å². The van der Waals surface area contributed by atoms with E-state index < -0.39 is 0 Å². The summed E-state index contributed by atoms with van der Waals surface area (Å²) in [6, 6.07) is 0. The van der Waals surface area contributed by atoms with Crippen LogP contribution >= 0.6 is 0 Å². The lowest BCUT2D eigenvalue weighted by Gasteiger charge is -2.21. The molecule has 0 N–H and O–H groups in total. The minimum Gasteiger partial charge on any atom is -0.269 e. The van der Waals surface area contributed by atoms with Crippen molar-refractivity contribution < 1.29 is 0 Å². The molecule has 0 fully saturated rings. The minimum absolute atomic E-state index is 0.181. The molecular weight excluding hydrogens is 184 g/mol. The number of aromatic nitrogens is 2. The average molecular weight is 208 g/mol. The molecule has 2 heteroatoms. The Morgan fingerprint density at radius 2 is 1.80 bits per heavy atom. The Morgan fingerprint density at radius 3 is 2.07 bits per heavy atom. The summed E-state index contributed by atoms with van der Waals surface area (Å²) in [7, 11) is 0. The lowest BCUT2D eigenvalue weighted by molar-refractivity contribution is 0.493. The zero-order valence-electron chi connectivity index (χ0n) is 11.2. The normalized spacial score (nSPS) is 12.5. The van der Waals surface area contributed by atoms with E-state index in [4.69, 9.17) is 5.10 Å². The molecule has 86 valence electrons. The first-order chi connectivity index (χ1) is 6.79. The van der Waals surface area contributed by atoms with Crippen LogP contribution in [0.25, 0.3) is 0 Å². The molecule has 0 saturated carbocycles. The molecule has 0 atom stereocenters. The van der Waals surface area contributed by atoms with Crippen LogP contribution in [0.2, 0.25) is 0 Å². The number of aryl methyl sites for hydroxylation is 1. The van der Waals surface area contributed by atoms with E-state index in [2.05, 4.69) is 53.1 Å². The van der Waals surface area contributed by atoms with E-state index in [-0.39, 0.29) is 5.41 Å². The molecule has 0 aliphatic rings. The molecule has 0 bridgehead atoms. The fraction of sp³-hybridized carbons (Fsp3) is 0.769. The first-order valence-corrected chi connectivity index (χ1v) is 5.86. The zero-order chi connectivity index (χ0) is 11.8. The van der Waals surface area contributed by atoms with Crippen molar-refractivity contribution in [2.24, 2.45) is 0 Å². The third-order valence-corrected chi connectivity index (χ3v) is 2.78. The van der Waals surface area contributed by atoms with Crippen molar-refractivity contribution in [3.05, 3.63) is 17.0 Å². The van der Waals surface area contributed by atoms with E-state index in [0.717, 1.165) is 6.54 Å². The van der Waals surface area contributed by atoms with Crippen LogP contribution in [0, 0.1) is 6.92 Å². The van der Waals surface area contributed by atoms with Crippen LogP contribution in [0.4, 0.5) is 0 Å². The summed E-state index contributed by atoms with van der Waals surface area (Å²) in [5.41, 5.74) is 4.19. The van der Waals surface area contributed by atoms with Crippen molar-refractivity contribution in [2.45, 2.75) is 66.3 Å². The lowest BCUT2D eigenvalue weighted by atomic mass is 9.88. The quantitative estimate of drug-likeness (QED) is 0.725. The molecule has 1 aromatic heterocycles. The first-order valence-electron chi connectivity index (χ1n) is 5.86. The number of hydrogen-bond acceptors (Lipinski definition) is 1. The SMILES string of the molecule is CCn1nc(C(C)C)c(C)c1C(C)(C)C. The van der Waals surface area contributed by atoms with Gasteiger partial charge in [0, 0.05) is 17.7 Å². The fourth-order valence-electron chi connectivity index (χ4n) is 2.30. The molecule has 0 aliphatic heterocycles. The van der Waals surface area contributed by atoms with Crippen LogP contribution in [0.3, 0.4) is 0 Å². The Labute approximate surface area is 93.7 Å². The summed E-state index contributed by atoms with van der Waals surface area (Å²) in [4.78, 5) is 0. The van der Waals surface area contributed by atoms with Gasteiger partial charge in [-0.2, -0.15) is 5.10 Å². The maximum Gasteiger partial charge on any atom is 0.0682 e. The van der Waals surface area contributed by atoms with Crippen LogP contribution < -0.4 is 0 Å². The third kappa shape index (κ3) is 2.24. The molecule has 15 heavy (non-hydrogen) atoms. The Hall–Kier alpha value is -0.790. The van der Waals surface area contributed by atoms with E-state index in [9.17, 15) is 0 Å². The van der Waals surface area contributed by atoms with Gasteiger partial charge in [-0.25, -0.2) is 0 Å². The van der Waals surface area contributed by atoms with Crippen molar-refractivity contribution in [1.29, 1.82) is 0 Å². The smallest absolute Gasteiger partial charge is 0.0682 e. The summed E-state index contributed by atoms with van der Waals surface area (Å²) in [5, 5.41) is 4.71. The lowest BCUT2D eigenvalue weighted by Crippen LogP contribution is -2.19. The van der Waals surface area contributed by atoms with Gasteiger partial charge in [-0.05, 0) is 25.3 Å². The van der Waals surface area contributed by atoms with Gasteiger partial charge < -0.3 is 0 Å². The van der Waals surface area contributed by atoms with Crippen molar-refractivity contribution >= 4 is 0 Å². The highest BCUT2D eigenvalue weighted by atomic mass is 15.3. The average Bonchev–Trinajstić information content (AvgIpc) is 2.41. The van der Waals surface area contributed by atoms with E-state index in [0.29, 0.717) is 5.92 Å². The summed E-state index contributed by atoms with van der Waals surface area (Å²) >= 11 is 0. The molecule has 0 radical (unpaired) electrons. The van der Waals surface area contributed by atoms with Crippen LogP contribution in [0.1, 0.15) is 64.4 Å². The van der Waals surface area contributed by atoms with Gasteiger partial charge in [0.25, 0.3) is 0 Å². The molecule has 0 saturated heterocycles. The van der Waals surface area contributed by atoms with Crippen LogP contribution in [-0.2, 0) is 12.0 Å². The van der Waals surface area contributed by atoms with Gasteiger partial charge in [0.05, 0.1) is 5.69 Å². The van der Waals surface area contributed by atoms with Crippen LogP contribution in [-0.4, -0.2) is 9.78 Å². The van der Waals surface area contributed by atoms with Crippen molar-refractivity contribution in [1.82, 2.24) is 9.78 Å². The van der Waals surface area contributed by atoms with Crippen LogP contribution in [0.15, 0.2) is 0 Å². The van der Waals surface area contributed by atoms with Gasteiger partial charge in [-0.1, -0.05) is 34.6 Å². The van der Waals surface area contributed by atoms with Gasteiger partial charge in [0.15, 0.2) is 0 Å². The minimum atomic E-state index is 0.181. The molecule has 1 rings (SSSR count).